The molecule has 0 spiro atoms. The Kier molecular flexibility index (Phi) is 9.53. The maximum atomic E-state index is 13.2. The first kappa shape index (κ1) is 25.2. The largest absolute Gasteiger partial charge is 0.383 e. The Morgan fingerprint density at radius 2 is 2.12 bits per heavy atom. The summed E-state index contributed by atoms with van der Waals surface area (Å²) in [7, 11) is -2.12. The van der Waals surface area contributed by atoms with Crippen LogP contribution in [0.1, 0.15) is 31.1 Å². The van der Waals surface area contributed by atoms with Crippen LogP contribution < -0.4 is 4.72 Å². The second-order valence-electron chi connectivity index (χ2n) is 7.21. The lowest BCUT2D eigenvalue weighted by Gasteiger charge is -2.22. The van der Waals surface area contributed by atoms with E-state index in [4.69, 9.17) is 4.74 Å². The molecule has 10 heteroatoms. The van der Waals surface area contributed by atoms with Gasteiger partial charge in [0.1, 0.15) is 0 Å². The highest BCUT2D eigenvalue weighted by molar-refractivity contribution is 14.1. The van der Waals surface area contributed by atoms with Gasteiger partial charge in [0, 0.05) is 23.0 Å². The molecule has 0 saturated heterocycles. The minimum atomic E-state index is -3.75. The van der Waals surface area contributed by atoms with Crippen LogP contribution in [0.4, 0.5) is 0 Å². The molecule has 0 radical (unpaired) electrons. The van der Waals surface area contributed by atoms with Crippen molar-refractivity contribution < 1.29 is 13.2 Å². The minimum absolute atomic E-state index is 0.227. The molecular formula is C22H27IN4O3S2. The van der Waals surface area contributed by atoms with Crippen LogP contribution in [0.25, 0.3) is 0 Å². The van der Waals surface area contributed by atoms with Gasteiger partial charge in [0.2, 0.25) is 10.0 Å². The molecule has 0 fully saturated rings. The summed E-state index contributed by atoms with van der Waals surface area (Å²) in [5.41, 5.74) is 1.17. The molecule has 0 amide bonds. The van der Waals surface area contributed by atoms with Gasteiger partial charge in [-0.2, -0.15) is 0 Å². The molecule has 0 aliphatic heterocycles. The van der Waals surface area contributed by atoms with Crippen molar-refractivity contribution in [3.05, 3.63) is 70.1 Å². The van der Waals surface area contributed by atoms with E-state index in [1.807, 2.05) is 10.6 Å². The second-order valence-corrected chi connectivity index (χ2v) is 11.2. The third kappa shape index (κ3) is 6.77. The number of aromatic nitrogens is 3. The van der Waals surface area contributed by atoms with Gasteiger partial charge in [-0.3, -0.25) is 0 Å². The van der Waals surface area contributed by atoms with Crippen LogP contribution in [0, 0.1) is 3.57 Å². The Labute approximate surface area is 207 Å². The van der Waals surface area contributed by atoms with E-state index in [2.05, 4.69) is 56.2 Å². The molecular weight excluding hydrogens is 559 g/mol. The first-order chi connectivity index (χ1) is 15.4. The number of sulfonamides is 1. The zero-order chi connectivity index (χ0) is 23.0. The quantitative estimate of drug-likeness (QED) is 0.224. The molecule has 0 saturated carbocycles. The van der Waals surface area contributed by atoms with Gasteiger partial charge >= 0.3 is 0 Å². The summed E-state index contributed by atoms with van der Waals surface area (Å²) in [6.45, 7) is 4.76. The van der Waals surface area contributed by atoms with E-state index in [9.17, 15) is 8.42 Å². The van der Waals surface area contributed by atoms with E-state index in [1.54, 1.807) is 37.5 Å². The van der Waals surface area contributed by atoms with Crippen LogP contribution in [0.2, 0.25) is 0 Å². The zero-order valence-electron chi connectivity index (χ0n) is 17.9. The Hall–Kier alpha value is -1.47. The number of hydrogen-bond acceptors (Lipinski definition) is 6. The highest BCUT2D eigenvalue weighted by atomic mass is 127. The molecule has 0 bridgehead atoms. The topological polar surface area (TPSA) is 86.1 Å². The van der Waals surface area contributed by atoms with Crippen molar-refractivity contribution in [1.82, 2.24) is 19.5 Å². The van der Waals surface area contributed by atoms with Gasteiger partial charge in [0.25, 0.3) is 0 Å². The van der Waals surface area contributed by atoms with Crippen LogP contribution in [0.5, 0.6) is 0 Å². The summed E-state index contributed by atoms with van der Waals surface area (Å²) >= 11 is 3.66. The number of rotatable bonds is 12. The number of methoxy groups -OCH3 is 1. The fourth-order valence-electron chi connectivity index (χ4n) is 3.33. The van der Waals surface area contributed by atoms with E-state index in [0.29, 0.717) is 36.3 Å². The van der Waals surface area contributed by atoms with Crippen molar-refractivity contribution in [3.63, 3.8) is 0 Å². The normalized spacial score (nSPS) is 14.9. The summed E-state index contributed by atoms with van der Waals surface area (Å²) in [5, 5.41) is 9.46. The molecule has 32 heavy (non-hydrogen) atoms. The van der Waals surface area contributed by atoms with Crippen LogP contribution in [0.3, 0.4) is 0 Å². The summed E-state index contributed by atoms with van der Waals surface area (Å²) in [4.78, 5) is 0.227. The van der Waals surface area contributed by atoms with E-state index >= 15 is 0 Å². The number of benzene rings is 1. The third-order valence-electron chi connectivity index (χ3n) is 4.89. The van der Waals surface area contributed by atoms with Crippen molar-refractivity contribution in [2.45, 2.75) is 41.9 Å². The van der Waals surface area contributed by atoms with Gasteiger partial charge in [-0.15, -0.1) is 16.8 Å². The predicted molar refractivity (Wildman–Crippen MR) is 136 cm³/mol. The molecule has 0 unspecified atom stereocenters. The predicted octanol–water partition coefficient (Wildman–Crippen LogP) is 4.49. The molecule has 1 aromatic carbocycles. The number of hydrogen-bond donors (Lipinski definition) is 1. The lowest BCUT2D eigenvalue weighted by molar-refractivity contribution is 0.183. The lowest BCUT2D eigenvalue weighted by Crippen LogP contribution is -2.31. The van der Waals surface area contributed by atoms with Crippen LogP contribution in [-0.2, 0) is 21.3 Å². The number of halogens is 1. The van der Waals surface area contributed by atoms with Crippen molar-refractivity contribution >= 4 is 44.4 Å². The number of allylic oxidation sites excluding steroid dienone is 3. The summed E-state index contributed by atoms with van der Waals surface area (Å²) < 4.78 is 37.5. The third-order valence-corrected chi connectivity index (χ3v) is 8.06. The molecule has 1 aliphatic carbocycles. The number of nitrogens with zero attached hydrogens (tertiary/aromatic N) is 3. The smallest absolute Gasteiger partial charge is 0.241 e. The highest BCUT2D eigenvalue weighted by Crippen LogP contribution is 2.29. The fraction of sp³-hybridized carbons (Fsp3) is 0.364. The molecule has 3 rings (SSSR count). The average molecular weight is 587 g/mol. The van der Waals surface area contributed by atoms with E-state index in [-0.39, 0.29) is 4.90 Å². The first-order valence-electron chi connectivity index (χ1n) is 10.2. The molecule has 1 aromatic heterocycles. The SMILES string of the molecule is C=CCSc1nnc([C@@H](CC2=CC=CCC2)NS(=O)(=O)c2ccc(I)cc2)n1CCOC. The van der Waals surface area contributed by atoms with Gasteiger partial charge in [0.15, 0.2) is 11.0 Å². The Balaban J connectivity index is 1.97. The van der Waals surface area contributed by atoms with E-state index in [0.717, 1.165) is 16.4 Å². The monoisotopic (exact) mass is 586 g/mol. The molecule has 172 valence electrons. The molecule has 1 N–H and O–H groups in total. The molecule has 1 aliphatic rings. The summed E-state index contributed by atoms with van der Waals surface area (Å²) in [5.74, 6) is 1.26. The summed E-state index contributed by atoms with van der Waals surface area (Å²) in [6, 6.07) is 6.24. The highest BCUT2D eigenvalue weighted by Gasteiger charge is 2.28. The Morgan fingerprint density at radius 1 is 1.34 bits per heavy atom. The van der Waals surface area contributed by atoms with Crippen molar-refractivity contribution in [2.75, 3.05) is 19.5 Å². The Bertz CT molecular complexity index is 1080. The maximum absolute atomic E-state index is 13.2. The summed E-state index contributed by atoms with van der Waals surface area (Å²) in [6.07, 6.45) is 10.3. The van der Waals surface area contributed by atoms with Crippen molar-refractivity contribution in [3.8, 4) is 0 Å². The van der Waals surface area contributed by atoms with Crippen molar-refractivity contribution in [2.24, 2.45) is 0 Å². The van der Waals surface area contributed by atoms with E-state index in [1.165, 1.54) is 17.3 Å². The second kappa shape index (κ2) is 12.1. The fourth-order valence-corrected chi connectivity index (χ4v) is 5.59. The molecule has 1 atom stereocenters. The average Bonchev–Trinajstić information content (AvgIpc) is 3.19. The first-order valence-corrected chi connectivity index (χ1v) is 13.8. The standard InChI is InChI=1S/C22H27IN4O3S2/c1-3-15-31-22-25-24-21(27(22)13-14-30-2)20(16-17-7-5-4-6-8-17)26-32(28,29)19-11-9-18(23)10-12-19/h3-5,7,9-12,20,26H,1,6,8,13-16H2,2H3/t20-/m1/s1. The van der Waals surface area contributed by atoms with Gasteiger partial charge in [-0.1, -0.05) is 41.6 Å². The molecule has 7 nitrogen and oxygen atoms in total. The van der Waals surface area contributed by atoms with Crippen LogP contribution in [0.15, 0.2) is 70.8 Å². The number of thioether (sulfide) groups is 1. The van der Waals surface area contributed by atoms with Crippen molar-refractivity contribution in [1.29, 1.82) is 0 Å². The lowest BCUT2D eigenvalue weighted by atomic mass is 9.98. The maximum Gasteiger partial charge on any atom is 0.241 e. The minimum Gasteiger partial charge on any atom is -0.383 e. The van der Waals surface area contributed by atoms with Gasteiger partial charge in [-0.25, -0.2) is 13.1 Å². The van der Waals surface area contributed by atoms with Crippen LogP contribution >= 0.6 is 34.4 Å². The zero-order valence-corrected chi connectivity index (χ0v) is 21.7. The van der Waals surface area contributed by atoms with E-state index < -0.39 is 16.1 Å². The Morgan fingerprint density at radius 3 is 2.78 bits per heavy atom. The molecule has 1 heterocycles. The van der Waals surface area contributed by atoms with Crippen LogP contribution in [-0.4, -0.2) is 42.7 Å². The molecule has 2 aromatic rings. The van der Waals surface area contributed by atoms with Gasteiger partial charge in [0.05, 0.1) is 17.5 Å². The van der Waals surface area contributed by atoms with Gasteiger partial charge in [-0.05, 0) is 66.1 Å². The number of ether oxygens (including phenoxy) is 1. The number of nitrogens with one attached hydrogen (secondary N) is 1. The van der Waals surface area contributed by atoms with Gasteiger partial charge < -0.3 is 9.30 Å².